The lowest BCUT2D eigenvalue weighted by molar-refractivity contribution is -0.142. The molecule has 6 nitrogen and oxygen atoms in total. The fourth-order valence-electron chi connectivity index (χ4n) is 3.34. The van der Waals surface area contributed by atoms with E-state index in [1.165, 1.54) is 0 Å². The molecule has 0 aliphatic heterocycles. The first-order chi connectivity index (χ1) is 15.2. The number of rotatable bonds is 10. The molecule has 174 valence electrons. The van der Waals surface area contributed by atoms with Crippen LogP contribution >= 0.6 is 0 Å². The van der Waals surface area contributed by atoms with Gasteiger partial charge in [-0.15, -0.1) is 0 Å². The van der Waals surface area contributed by atoms with Gasteiger partial charge in [0.1, 0.15) is 17.5 Å². The third-order valence-corrected chi connectivity index (χ3v) is 5.27. The lowest BCUT2D eigenvalue weighted by atomic mass is 9.86. The molecule has 0 heterocycles. The number of nitrogens with one attached hydrogen (secondary N) is 1. The second-order valence-electron chi connectivity index (χ2n) is 8.87. The standard InChI is InChI=1S/C26H36N2O4/c1-7-16-27-25(30)19(2)28(17-20-12-14-21(31-6)15-13-20)24(29)18-32-23-11-9-8-10-22(23)26(3,4)5/h8-15,19H,7,16-18H2,1-6H3,(H,27,30)/t19-/m0/s1. The number of ether oxygens (including phenoxy) is 2. The number of hydrogen-bond donors (Lipinski definition) is 1. The molecule has 2 amide bonds. The molecule has 0 radical (unpaired) electrons. The molecule has 2 aromatic rings. The van der Waals surface area contributed by atoms with Gasteiger partial charge < -0.3 is 19.7 Å². The maximum absolute atomic E-state index is 13.2. The van der Waals surface area contributed by atoms with Gasteiger partial charge in [0.2, 0.25) is 5.91 Å². The van der Waals surface area contributed by atoms with Gasteiger partial charge in [-0.25, -0.2) is 0 Å². The van der Waals surface area contributed by atoms with E-state index >= 15 is 0 Å². The highest BCUT2D eigenvalue weighted by molar-refractivity contribution is 5.88. The molecule has 0 bridgehead atoms. The molecule has 0 spiro atoms. The lowest BCUT2D eigenvalue weighted by Crippen LogP contribution is -2.49. The molecule has 6 heteroatoms. The average molecular weight is 441 g/mol. The van der Waals surface area contributed by atoms with E-state index in [0.29, 0.717) is 18.8 Å². The third kappa shape index (κ3) is 7.01. The third-order valence-electron chi connectivity index (χ3n) is 5.27. The summed E-state index contributed by atoms with van der Waals surface area (Å²) in [4.78, 5) is 27.4. The minimum atomic E-state index is -0.627. The summed E-state index contributed by atoms with van der Waals surface area (Å²) < 4.78 is 11.2. The van der Waals surface area contributed by atoms with Crippen LogP contribution in [0.2, 0.25) is 0 Å². The van der Waals surface area contributed by atoms with Crippen molar-refractivity contribution < 1.29 is 19.1 Å². The van der Waals surface area contributed by atoms with Gasteiger partial charge in [-0.2, -0.15) is 0 Å². The molecule has 2 aromatic carbocycles. The Morgan fingerprint density at radius 1 is 1.06 bits per heavy atom. The Labute approximate surface area is 191 Å². The zero-order chi connectivity index (χ0) is 23.7. The van der Waals surface area contributed by atoms with Crippen molar-refractivity contribution in [2.24, 2.45) is 0 Å². The molecule has 0 fully saturated rings. The number of nitrogens with zero attached hydrogens (tertiary/aromatic N) is 1. The molecule has 1 atom stereocenters. The minimum absolute atomic E-state index is 0.115. The highest BCUT2D eigenvalue weighted by Gasteiger charge is 2.27. The van der Waals surface area contributed by atoms with Gasteiger partial charge in [-0.1, -0.05) is 58.0 Å². The van der Waals surface area contributed by atoms with E-state index in [4.69, 9.17) is 9.47 Å². The smallest absolute Gasteiger partial charge is 0.261 e. The Morgan fingerprint density at radius 3 is 2.31 bits per heavy atom. The summed E-state index contributed by atoms with van der Waals surface area (Å²) in [6.45, 7) is 10.8. The highest BCUT2D eigenvalue weighted by atomic mass is 16.5. The molecule has 2 rings (SSSR count). The summed E-state index contributed by atoms with van der Waals surface area (Å²) in [7, 11) is 1.61. The van der Waals surface area contributed by atoms with Gasteiger partial charge in [0.05, 0.1) is 7.11 Å². The summed E-state index contributed by atoms with van der Waals surface area (Å²) in [5, 5.41) is 2.88. The van der Waals surface area contributed by atoms with Crippen molar-refractivity contribution in [3.05, 3.63) is 59.7 Å². The second kappa shape index (κ2) is 11.6. The first-order valence-corrected chi connectivity index (χ1v) is 11.1. The Hall–Kier alpha value is -3.02. The van der Waals surface area contributed by atoms with Crippen LogP contribution in [-0.2, 0) is 21.5 Å². The van der Waals surface area contributed by atoms with Crippen LogP contribution < -0.4 is 14.8 Å². The number of carbonyl (C=O) groups is 2. The van der Waals surface area contributed by atoms with Crippen LogP contribution in [0.25, 0.3) is 0 Å². The van der Waals surface area contributed by atoms with Crippen molar-refractivity contribution in [3.8, 4) is 11.5 Å². The number of amides is 2. The molecule has 0 saturated carbocycles. The largest absolute Gasteiger partial charge is 0.497 e. The van der Waals surface area contributed by atoms with Crippen LogP contribution in [0.4, 0.5) is 0 Å². The zero-order valence-electron chi connectivity index (χ0n) is 20.1. The van der Waals surface area contributed by atoms with Crippen molar-refractivity contribution in [3.63, 3.8) is 0 Å². The minimum Gasteiger partial charge on any atom is -0.497 e. The average Bonchev–Trinajstić information content (AvgIpc) is 2.78. The van der Waals surface area contributed by atoms with Gasteiger partial charge in [0.15, 0.2) is 6.61 Å². The highest BCUT2D eigenvalue weighted by Crippen LogP contribution is 2.31. The predicted molar refractivity (Wildman–Crippen MR) is 127 cm³/mol. The van der Waals surface area contributed by atoms with Crippen LogP contribution in [0.1, 0.15) is 52.2 Å². The number of para-hydroxylation sites is 1. The SMILES string of the molecule is CCCNC(=O)[C@H](C)N(Cc1ccc(OC)cc1)C(=O)COc1ccccc1C(C)(C)C. The van der Waals surface area contributed by atoms with Crippen LogP contribution in [0, 0.1) is 0 Å². The maximum atomic E-state index is 13.2. The summed E-state index contributed by atoms with van der Waals surface area (Å²) in [6, 6.07) is 14.6. The molecule has 32 heavy (non-hydrogen) atoms. The van der Waals surface area contributed by atoms with E-state index in [-0.39, 0.29) is 23.8 Å². The Kier molecular flexibility index (Phi) is 9.12. The fourth-order valence-corrected chi connectivity index (χ4v) is 3.34. The number of carbonyl (C=O) groups excluding carboxylic acids is 2. The van der Waals surface area contributed by atoms with Crippen LogP contribution in [-0.4, -0.2) is 43.0 Å². The van der Waals surface area contributed by atoms with E-state index in [0.717, 1.165) is 23.3 Å². The predicted octanol–water partition coefficient (Wildman–Crippen LogP) is 4.32. The Bertz CT molecular complexity index is 887. The van der Waals surface area contributed by atoms with Gasteiger partial charge in [0.25, 0.3) is 5.91 Å². The van der Waals surface area contributed by atoms with Gasteiger partial charge in [0, 0.05) is 13.1 Å². The zero-order valence-corrected chi connectivity index (χ0v) is 20.1. The van der Waals surface area contributed by atoms with E-state index in [9.17, 15) is 9.59 Å². The fraction of sp³-hybridized carbons (Fsp3) is 0.462. The van der Waals surface area contributed by atoms with Crippen LogP contribution in [0.5, 0.6) is 11.5 Å². The molecule has 0 saturated heterocycles. The summed E-state index contributed by atoms with van der Waals surface area (Å²) in [6.07, 6.45) is 0.831. The molecule has 0 aliphatic carbocycles. The van der Waals surface area contributed by atoms with Crippen LogP contribution in [0.15, 0.2) is 48.5 Å². The molecular weight excluding hydrogens is 404 g/mol. The van der Waals surface area contributed by atoms with E-state index in [2.05, 4.69) is 26.1 Å². The lowest BCUT2D eigenvalue weighted by Gasteiger charge is -2.29. The second-order valence-corrected chi connectivity index (χ2v) is 8.87. The number of benzene rings is 2. The van der Waals surface area contributed by atoms with E-state index < -0.39 is 6.04 Å². The molecular formula is C26H36N2O4. The van der Waals surface area contributed by atoms with Gasteiger partial charge in [-0.05, 0) is 48.1 Å². The first kappa shape index (κ1) is 25.2. The van der Waals surface area contributed by atoms with Crippen molar-refractivity contribution in [2.75, 3.05) is 20.3 Å². The summed E-state index contributed by atoms with van der Waals surface area (Å²) in [5.74, 6) is 0.996. The number of methoxy groups -OCH3 is 1. The van der Waals surface area contributed by atoms with Crippen molar-refractivity contribution in [1.82, 2.24) is 10.2 Å². The molecule has 0 aliphatic rings. The normalized spacial score (nSPS) is 12.1. The van der Waals surface area contributed by atoms with Crippen molar-refractivity contribution in [2.45, 2.75) is 59.0 Å². The molecule has 0 unspecified atom stereocenters. The van der Waals surface area contributed by atoms with E-state index in [1.807, 2.05) is 55.5 Å². The topological polar surface area (TPSA) is 67.9 Å². The Morgan fingerprint density at radius 2 is 1.72 bits per heavy atom. The van der Waals surface area contributed by atoms with Crippen molar-refractivity contribution >= 4 is 11.8 Å². The van der Waals surface area contributed by atoms with Gasteiger partial charge in [-0.3, -0.25) is 9.59 Å². The molecule has 1 N–H and O–H groups in total. The first-order valence-electron chi connectivity index (χ1n) is 11.1. The number of hydrogen-bond acceptors (Lipinski definition) is 4. The molecule has 0 aromatic heterocycles. The van der Waals surface area contributed by atoms with Crippen molar-refractivity contribution in [1.29, 1.82) is 0 Å². The summed E-state index contributed by atoms with van der Waals surface area (Å²) in [5.41, 5.74) is 1.82. The maximum Gasteiger partial charge on any atom is 0.261 e. The summed E-state index contributed by atoms with van der Waals surface area (Å²) >= 11 is 0. The Balaban J connectivity index is 2.20. The quantitative estimate of drug-likeness (QED) is 0.598. The van der Waals surface area contributed by atoms with E-state index in [1.54, 1.807) is 18.9 Å². The monoisotopic (exact) mass is 440 g/mol. The van der Waals surface area contributed by atoms with Crippen LogP contribution in [0.3, 0.4) is 0 Å². The van der Waals surface area contributed by atoms with Gasteiger partial charge >= 0.3 is 0 Å².